The molecule has 1 aliphatic rings. The largest absolute Gasteiger partial charge is 0.490 e. The lowest BCUT2D eigenvalue weighted by Gasteiger charge is -2.29. The first-order valence-corrected chi connectivity index (χ1v) is 6.66. The monoisotopic (exact) mass is 234 g/mol. The maximum atomic E-state index is 8.85. The van der Waals surface area contributed by atoms with Gasteiger partial charge in [-0.15, -0.1) is 0 Å². The Labute approximate surface area is 104 Å². The van der Waals surface area contributed by atoms with Crippen molar-refractivity contribution in [3.63, 3.8) is 0 Å². The summed E-state index contributed by atoms with van der Waals surface area (Å²) in [5.41, 5.74) is 1.16. The Hall–Kier alpha value is -1.02. The van der Waals surface area contributed by atoms with Crippen LogP contribution in [0.15, 0.2) is 24.3 Å². The Bertz CT molecular complexity index is 331. The molecule has 2 atom stereocenters. The topological polar surface area (TPSA) is 29.5 Å². The summed E-state index contributed by atoms with van der Waals surface area (Å²) in [5, 5.41) is 8.85. The number of aliphatic hydroxyl groups excluding tert-OH is 1. The minimum Gasteiger partial charge on any atom is -0.490 e. The van der Waals surface area contributed by atoms with Crippen LogP contribution in [-0.4, -0.2) is 17.8 Å². The number of hydrogen-bond donors (Lipinski definition) is 1. The van der Waals surface area contributed by atoms with Crippen LogP contribution in [0.5, 0.6) is 5.75 Å². The second-order valence-electron chi connectivity index (χ2n) is 5.04. The Kier molecular flexibility index (Phi) is 4.43. The van der Waals surface area contributed by atoms with E-state index in [1.165, 1.54) is 25.7 Å². The van der Waals surface area contributed by atoms with E-state index >= 15 is 0 Å². The van der Waals surface area contributed by atoms with Gasteiger partial charge in [-0.25, -0.2) is 0 Å². The smallest absolute Gasteiger partial charge is 0.119 e. The normalized spacial score (nSPS) is 24.6. The second-order valence-corrected chi connectivity index (χ2v) is 5.04. The summed E-state index contributed by atoms with van der Waals surface area (Å²) in [4.78, 5) is 0. The average Bonchev–Trinajstić information content (AvgIpc) is 2.35. The predicted molar refractivity (Wildman–Crippen MR) is 69.3 cm³/mol. The molecule has 1 saturated carbocycles. The zero-order valence-electron chi connectivity index (χ0n) is 10.6. The van der Waals surface area contributed by atoms with Crippen LogP contribution in [0.3, 0.4) is 0 Å². The highest BCUT2D eigenvalue weighted by Gasteiger charge is 2.22. The van der Waals surface area contributed by atoms with Crippen LogP contribution in [0.4, 0.5) is 0 Å². The van der Waals surface area contributed by atoms with Crippen LogP contribution < -0.4 is 4.74 Å². The van der Waals surface area contributed by atoms with Gasteiger partial charge in [0.2, 0.25) is 0 Å². The minimum absolute atomic E-state index is 0.208. The van der Waals surface area contributed by atoms with Crippen LogP contribution in [0.2, 0.25) is 0 Å². The van der Waals surface area contributed by atoms with E-state index in [2.05, 4.69) is 6.92 Å². The van der Waals surface area contributed by atoms with Gasteiger partial charge < -0.3 is 9.84 Å². The first-order valence-electron chi connectivity index (χ1n) is 6.66. The van der Waals surface area contributed by atoms with Crippen molar-refractivity contribution in [1.82, 2.24) is 0 Å². The zero-order chi connectivity index (χ0) is 12.1. The molecule has 0 saturated heterocycles. The molecular weight excluding hydrogens is 212 g/mol. The highest BCUT2D eigenvalue weighted by Crippen LogP contribution is 2.28. The average molecular weight is 234 g/mol. The molecule has 0 heterocycles. The second kappa shape index (κ2) is 6.06. The van der Waals surface area contributed by atoms with Gasteiger partial charge in [0.1, 0.15) is 11.9 Å². The maximum absolute atomic E-state index is 8.85. The van der Waals surface area contributed by atoms with Crippen molar-refractivity contribution in [2.75, 3.05) is 6.61 Å². The predicted octanol–water partition coefficient (Wildman–Crippen LogP) is 3.18. The molecule has 0 radical (unpaired) electrons. The third-order valence-electron chi connectivity index (χ3n) is 3.64. The van der Waals surface area contributed by atoms with E-state index < -0.39 is 0 Å². The van der Waals surface area contributed by atoms with Crippen molar-refractivity contribution < 1.29 is 9.84 Å². The van der Waals surface area contributed by atoms with Crippen LogP contribution in [0.1, 0.15) is 38.2 Å². The van der Waals surface area contributed by atoms with Crippen LogP contribution >= 0.6 is 0 Å². The molecule has 0 bridgehead atoms. The van der Waals surface area contributed by atoms with Crippen LogP contribution in [0, 0.1) is 5.92 Å². The first-order chi connectivity index (χ1) is 8.29. The molecule has 17 heavy (non-hydrogen) atoms. The van der Waals surface area contributed by atoms with Gasteiger partial charge in [-0.3, -0.25) is 0 Å². The fourth-order valence-corrected chi connectivity index (χ4v) is 2.50. The van der Waals surface area contributed by atoms with Gasteiger partial charge in [-0.05, 0) is 49.3 Å². The molecule has 1 aromatic carbocycles. The summed E-state index contributed by atoms with van der Waals surface area (Å²) in [6.07, 6.45) is 6.20. The molecule has 1 aromatic rings. The molecule has 94 valence electrons. The lowest BCUT2D eigenvalue weighted by atomic mass is 9.88. The van der Waals surface area contributed by atoms with Gasteiger partial charge in [-0.2, -0.15) is 0 Å². The van der Waals surface area contributed by atoms with E-state index in [4.69, 9.17) is 9.84 Å². The summed E-state index contributed by atoms with van der Waals surface area (Å²) >= 11 is 0. The minimum atomic E-state index is 0.208. The van der Waals surface area contributed by atoms with Crippen molar-refractivity contribution in [1.29, 1.82) is 0 Å². The quantitative estimate of drug-likeness (QED) is 0.867. The van der Waals surface area contributed by atoms with E-state index in [0.717, 1.165) is 17.7 Å². The lowest BCUT2D eigenvalue weighted by molar-refractivity contribution is 0.102. The van der Waals surface area contributed by atoms with Crippen molar-refractivity contribution in [3.8, 4) is 5.75 Å². The van der Waals surface area contributed by atoms with Crippen LogP contribution in [-0.2, 0) is 6.42 Å². The van der Waals surface area contributed by atoms with Gasteiger partial charge in [0.05, 0.1) is 0 Å². The maximum Gasteiger partial charge on any atom is 0.119 e. The molecule has 2 nitrogen and oxygen atoms in total. The van der Waals surface area contributed by atoms with E-state index in [9.17, 15) is 0 Å². The molecule has 1 N–H and O–H groups in total. The summed E-state index contributed by atoms with van der Waals surface area (Å²) in [6.45, 7) is 2.49. The fraction of sp³-hybridized carbons (Fsp3) is 0.600. The number of hydrogen-bond acceptors (Lipinski definition) is 2. The summed E-state index contributed by atoms with van der Waals surface area (Å²) in [5.74, 6) is 1.63. The Morgan fingerprint density at radius 2 is 1.88 bits per heavy atom. The van der Waals surface area contributed by atoms with Gasteiger partial charge in [0.25, 0.3) is 0 Å². The molecular formula is C15H22O2. The van der Waals surface area contributed by atoms with Crippen molar-refractivity contribution in [2.24, 2.45) is 5.92 Å². The highest BCUT2D eigenvalue weighted by molar-refractivity contribution is 5.27. The number of ether oxygens (including phenoxy) is 1. The molecule has 0 spiro atoms. The highest BCUT2D eigenvalue weighted by atomic mass is 16.5. The summed E-state index contributed by atoms with van der Waals surface area (Å²) in [6, 6.07) is 8.12. The fourth-order valence-electron chi connectivity index (χ4n) is 2.50. The van der Waals surface area contributed by atoms with Gasteiger partial charge in [0.15, 0.2) is 0 Å². The van der Waals surface area contributed by atoms with Gasteiger partial charge in [0, 0.05) is 6.61 Å². The third kappa shape index (κ3) is 3.47. The molecule has 0 unspecified atom stereocenters. The summed E-state index contributed by atoms with van der Waals surface area (Å²) in [7, 11) is 0. The Balaban J connectivity index is 1.93. The number of benzene rings is 1. The van der Waals surface area contributed by atoms with E-state index in [-0.39, 0.29) is 6.61 Å². The molecule has 1 fully saturated rings. The molecule has 0 aliphatic heterocycles. The van der Waals surface area contributed by atoms with Crippen molar-refractivity contribution in [2.45, 2.75) is 45.1 Å². The first kappa shape index (κ1) is 12.4. The van der Waals surface area contributed by atoms with Crippen LogP contribution in [0.25, 0.3) is 0 Å². The molecule has 2 rings (SSSR count). The Morgan fingerprint density at radius 1 is 1.18 bits per heavy atom. The van der Waals surface area contributed by atoms with Crippen molar-refractivity contribution >= 4 is 0 Å². The number of rotatable bonds is 4. The Morgan fingerprint density at radius 3 is 2.53 bits per heavy atom. The van der Waals surface area contributed by atoms with Crippen molar-refractivity contribution in [3.05, 3.63) is 29.8 Å². The van der Waals surface area contributed by atoms with E-state index in [1.54, 1.807) is 0 Å². The third-order valence-corrected chi connectivity index (χ3v) is 3.64. The molecule has 1 aliphatic carbocycles. The molecule has 0 aromatic heterocycles. The van der Waals surface area contributed by atoms with Gasteiger partial charge in [-0.1, -0.05) is 25.5 Å². The molecule has 0 amide bonds. The standard InChI is InChI=1S/C15H22O2/c1-12-4-2-3-5-15(12)17-14-8-6-13(7-9-14)10-11-16/h6-9,12,15-16H,2-5,10-11H2,1H3/t12-,15+/m1/s1. The lowest BCUT2D eigenvalue weighted by Crippen LogP contribution is -2.28. The van der Waals surface area contributed by atoms with E-state index in [0.29, 0.717) is 12.0 Å². The summed E-state index contributed by atoms with van der Waals surface area (Å²) < 4.78 is 6.04. The zero-order valence-corrected chi connectivity index (χ0v) is 10.6. The van der Waals surface area contributed by atoms with Gasteiger partial charge >= 0.3 is 0 Å². The number of aliphatic hydroxyl groups is 1. The SMILES string of the molecule is C[C@@H]1CCCC[C@@H]1Oc1ccc(CCO)cc1. The van der Waals surface area contributed by atoms with E-state index in [1.807, 2.05) is 24.3 Å². The molecule has 2 heteroatoms.